The first kappa shape index (κ1) is 30.9. The maximum atomic E-state index is 10.8. The summed E-state index contributed by atoms with van der Waals surface area (Å²) in [5.74, 6) is -0.326. The number of unbranched alkanes of at least 4 members (excludes halogenated alkanes) is 17. The predicted molar refractivity (Wildman–Crippen MR) is 130 cm³/mol. The van der Waals surface area contributed by atoms with Crippen molar-refractivity contribution in [2.24, 2.45) is 0 Å². The molecule has 176 valence electrons. The molecule has 0 bridgehead atoms. The summed E-state index contributed by atoms with van der Waals surface area (Å²) in [5, 5.41) is 0. The topological polar surface area (TPSA) is 29.5 Å². The highest BCUT2D eigenvalue weighted by Crippen LogP contribution is 2.14. The summed E-state index contributed by atoms with van der Waals surface area (Å²) in [5.41, 5.74) is 0. The maximum absolute atomic E-state index is 10.8. The number of esters is 1. The van der Waals surface area contributed by atoms with Gasteiger partial charge in [-0.2, -0.15) is 0 Å². The Bertz CT molecular complexity index is 308. The van der Waals surface area contributed by atoms with Crippen molar-refractivity contribution in [3.8, 4) is 0 Å². The number of alkyl halides is 1. The molecule has 0 unspecified atom stereocenters. The second-order valence-corrected chi connectivity index (χ2v) is 8.97. The molecule has 0 aromatic heterocycles. The van der Waals surface area contributed by atoms with E-state index in [-0.39, 0.29) is 11.8 Å². The molecule has 0 aromatic carbocycles. The van der Waals surface area contributed by atoms with E-state index in [1.807, 2.05) is 26.0 Å². The highest BCUT2D eigenvalue weighted by molar-refractivity contribution is 6.26. The number of hydrogen-bond acceptors (Lipinski definition) is 3. The highest BCUT2D eigenvalue weighted by atomic mass is 35.5. The zero-order chi connectivity index (χ0) is 22.0. The number of ether oxygens (including phenoxy) is 1. The van der Waals surface area contributed by atoms with Crippen molar-refractivity contribution in [1.82, 2.24) is 4.90 Å². The van der Waals surface area contributed by atoms with Gasteiger partial charge in [0.15, 0.2) is 0 Å². The normalized spacial score (nSPS) is 10.7. The lowest BCUT2D eigenvalue weighted by Crippen LogP contribution is -2.06. The van der Waals surface area contributed by atoms with Crippen molar-refractivity contribution in [3.63, 3.8) is 0 Å². The molecule has 0 N–H and O–H groups in total. The average Bonchev–Trinajstić information content (AvgIpc) is 2.69. The van der Waals surface area contributed by atoms with Crippen LogP contribution in [0, 0.1) is 0 Å². The van der Waals surface area contributed by atoms with Gasteiger partial charge < -0.3 is 9.64 Å². The molecule has 4 heteroatoms. The van der Waals surface area contributed by atoms with Crippen LogP contribution in [0.15, 0.2) is 0 Å². The summed E-state index contributed by atoms with van der Waals surface area (Å²) in [4.78, 5) is 12.8. The number of carbonyl (C=O) groups excluding carboxylic acids is 1. The lowest BCUT2D eigenvalue weighted by atomic mass is 10.0. The van der Waals surface area contributed by atoms with E-state index >= 15 is 0 Å². The Labute approximate surface area is 188 Å². The van der Waals surface area contributed by atoms with Crippen molar-refractivity contribution < 1.29 is 9.53 Å². The largest absolute Gasteiger partial charge is 0.465 e. The third kappa shape index (κ3) is 35.5. The number of halogens is 1. The average molecular weight is 434 g/mol. The summed E-state index contributed by atoms with van der Waals surface area (Å²) in [7, 11) is 6.00. The van der Waals surface area contributed by atoms with E-state index in [1.54, 1.807) is 0 Å². The van der Waals surface area contributed by atoms with Gasteiger partial charge in [-0.1, -0.05) is 116 Å². The molecule has 0 amide bonds. The molecule has 0 heterocycles. The monoisotopic (exact) mass is 433 g/mol. The summed E-state index contributed by atoms with van der Waals surface area (Å²) in [6, 6.07) is 0. The molecule has 0 aromatic rings. The lowest BCUT2D eigenvalue weighted by Gasteiger charge is -2.04. The van der Waals surface area contributed by atoms with Crippen LogP contribution in [-0.4, -0.2) is 44.5 Å². The summed E-state index contributed by atoms with van der Waals surface area (Å²) in [6.07, 6.45) is 24.6. The summed E-state index contributed by atoms with van der Waals surface area (Å²) in [6.45, 7) is 2.82. The molecule has 0 aliphatic carbocycles. The van der Waals surface area contributed by atoms with Gasteiger partial charge in [0.2, 0.25) is 0 Å². The molecule has 3 nitrogen and oxygen atoms in total. The Balaban J connectivity index is 0. The zero-order valence-electron chi connectivity index (χ0n) is 20.3. The molecule has 0 aliphatic heterocycles. The van der Waals surface area contributed by atoms with Crippen molar-refractivity contribution in [2.45, 2.75) is 122 Å². The van der Waals surface area contributed by atoms with Crippen LogP contribution in [0.25, 0.3) is 0 Å². The molecule has 0 saturated carbocycles. The molecule has 0 radical (unpaired) electrons. The van der Waals surface area contributed by atoms with Gasteiger partial charge >= 0.3 is 5.97 Å². The first-order valence-electron chi connectivity index (χ1n) is 12.4. The third-order valence-electron chi connectivity index (χ3n) is 4.87. The SMILES string of the molecule is CCCCCCCCCCCCCCCCCCCCOC(=O)CCl.CN(C)C. The van der Waals surface area contributed by atoms with Crippen LogP contribution < -0.4 is 0 Å². The van der Waals surface area contributed by atoms with E-state index < -0.39 is 0 Å². The fraction of sp³-hybridized carbons (Fsp3) is 0.960. The summed E-state index contributed by atoms with van der Waals surface area (Å²) < 4.78 is 4.95. The Morgan fingerprint density at radius 2 is 0.897 bits per heavy atom. The minimum atomic E-state index is -0.298. The van der Waals surface area contributed by atoms with Gasteiger partial charge in [-0.15, -0.1) is 11.6 Å². The van der Waals surface area contributed by atoms with E-state index in [1.165, 1.54) is 103 Å². The van der Waals surface area contributed by atoms with E-state index in [0.717, 1.165) is 12.8 Å². The van der Waals surface area contributed by atoms with Crippen LogP contribution in [-0.2, 0) is 9.53 Å². The smallest absolute Gasteiger partial charge is 0.320 e. The van der Waals surface area contributed by atoms with Gasteiger partial charge in [0.25, 0.3) is 0 Å². The van der Waals surface area contributed by atoms with Crippen LogP contribution in [0.4, 0.5) is 0 Å². The molecule has 0 saturated heterocycles. The quantitative estimate of drug-likeness (QED) is 0.111. The van der Waals surface area contributed by atoms with E-state index in [4.69, 9.17) is 16.3 Å². The Morgan fingerprint density at radius 3 is 1.17 bits per heavy atom. The molecule has 0 spiro atoms. The second-order valence-electron chi connectivity index (χ2n) is 8.71. The number of carbonyl (C=O) groups is 1. The molecule has 0 fully saturated rings. The number of rotatable bonds is 20. The van der Waals surface area contributed by atoms with Crippen LogP contribution in [0.3, 0.4) is 0 Å². The van der Waals surface area contributed by atoms with Gasteiger partial charge in [0, 0.05) is 0 Å². The standard InChI is InChI=1S/C22H43ClO2.C3H9N/c1-2-3-4-5-6-7-8-9-10-11-12-13-14-15-16-17-18-19-20-25-22(24)21-23;1-4(2)3/h2-21H2,1H3;1-3H3. The maximum Gasteiger partial charge on any atom is 0.320 e. The fourth-order valence-corrected chi connectivity index (χ4v) is 3.31. The van der Waals surface area contributed by atoms with Crippen molar-refractivity contribution >= 4 is 17.6 Å². The molecule has 0 atom stereocenters. The van der Waals surface area contributed by atoms with Gasteiger partial charge in [-0.3, -0.25) is 4.79 Å². The van der Waals surface area contributed by atoms with E-state index in [0.29, 0.717) is 6.61 Å². The third-order valence-corrected chi connectivity index (χ3v) is 5.09. The zero-order valence-corrected chi connectivity index (χ0v) is 21.0. The summed E-state index contributed by atoms with van der Waals surface area (Å²) >= 11 is 5.36. The number of hydrogen-bond donors (Lipinski definition) is 0. The first-order chi connectivity index (χ1) is 14.0. The predicted octanol–water partition coefficient (Wildman–Crippen LogP) is 7.99. The van der Waals surface area contributed by atoms with Gasteiger partial charge in [0.1, 0.15) is 5.88 Å². The minimum absolute atomic E-state index is 0.0287. The number of nitrogens with zero attached hydrogens (tertiary/aromatic N) is 1. The van der Waals surface area contributed by atoms with E-state index in [2.05, 4.69) is 6.92 Å². The fourth-order valence-electron chi connectivity index (χ4n) is 3.23. The van der Waals surface area contributed by atoms with Gasteiger partial charge in [-0.05, 0) is 27.6 Å². The Hall–Kier alpha value is -0.280. The Kier molecular flexibility index (Phi) is 29.5. The van der Waals surface area contributed by atoms with Crippen molar-refractivity contribution in [2.75, 3.05) is 33.6 Å². The second kappa shape index (κ2) is 27.7. The molecule has 0 aliphatic rings. The van der Waals surface area contributed by atoms with E-state index in [9.17, 15) is 4.79 Å². The van der Waals surface area contributed by atoms with Crippen LogP contribution in [0.1, 0.15) is 122 Å². The van der Waals surface area contributed by atoms with Gasteiger partial charge in [-0.25, -0.2) is 0 Å². The van der Waals surface area contributed by atoms with Crippen LogP contribution in [0.5, 0.6) is 0 Å². The van der Waals surface area contributed by atoms with Crippen molar-refractivity contribution in [1.29, 1.82) is 0 Å². The lowest BCUT2D eigenvalue weighted by molar-refractivity contribution is -0.140. The minimum Gasteiger partial charge on any atom is -0.465 e. The Morgan fingerprint density at radius 1 is 0.621 bits per heavy atom. The van der Waals surface area contributed by atoms with Crippen LogP contribution >= 0.6 is 11.6 Å². The molecule has 0 rings (SSSR count). The first-order valence-corrected chi connectivity index (χ1v) is 12.9. The highest BCUT2D eigenvalue weighted by Gasteiger charge is 1.98. The van der Waals surface area contributed by atoms with Crippen molar-refractivity contribution in [3.05, 3.63) is 0 Å². The molecular formula is C25H52ClNO2. The van der Waals surface area contributed by atoms with Gasteiger partial charge in [0.05, 0.1) is 6.61 Å². The van der Waals surface area contributed by atoms with Crippen LogP contribution in [0.2, 0.25) is 0 Å². The molecule has 29 heavy (non-hydrogen) atoms. The molecular weight excluding hydrogens is 382 g/mol.